The van der Waals surface area contributed by atoms with Crippen LogP contribution in [0.3, 0.4) is 0 Å². The zero-order valence-corrected chi connectivity index (χ0v) is 11.6. The van der Waals surface area contributed by atoms with Crippen LogP contribution in [0.15, 0.2) is 0 Å². The third kappa shape index (κ3) is 4.02. The van der Waals surface area contributed by atoms with Gasteiger partial charge in [-0.1, -0.05) is 13.8 Å². The molecule has 17 heavy (non-hydrogen) atoms. The maximum absolute atomic E-state index is 11.3. The second kappa shape index (κ2) is 6.83. The number of hydrogen-bond acceptors (Lipinski definition) is 4. The van der Waals surface area contributed by atoms with Gasteiger partial charge in [0.1, 0.15) is 5.78 Å². The highest BCUT2D eigenvalue weighted by Crippen LogP contribution is 2.45. The minimum atomic E-state index is -4.27. The molecule has 0 bridgehead atoms. The summed E-state index contributed by atoms with van der Waals surface area (Å²) in [5.74, 6) is -1.01. The van der Waals surface area contributed by atoms with Gasteiger partial charge in [-0.05, 0) is 19.8 Å². The second-order valence-electron chi connectivity index (χ2n) is 4.23. The molecule has 0 amide bonds. The third-order valence-electron chi connectivity index (χ3n) is 3.50. The van der Waals surface area contributed by atoms with Gasteiger partial charge in [0.2, 0.25) is 0 Å². The van der Waals surface area contributed by atoms with Crippen molar-refractivity contribution in [2.24, 2.45) is 0 Å². The van der Waals surface area contributed by atoms with E-state index >= 15 is 0 Å². The number of β-amino-alcohol motifs (C(OH)–C–C–N with tert-alkyl or cyclic N) is 1. The highest BCUT2D eigenvalue weighted by Gasteiger charge is 2.41. The van der Waals surface area contributed by atoms with Crippen LogP contribution in [0.25, 0.3) is 0 Å². The van der Waals surface area contributed by atoms with Gasteiger partial charge in [0, 0.05) is 12.1 Å². The van der Waals surface area contributed by atoms with Crippen LogP contribution >= 0.6 is 7.60 Å². The van der Waals surface area contributed by atoms with Gasteiger partial charge in [0.25, 0.3) is 0 Å². The van der Waals surface area contributed by atoms with Crippen LogP contribution in [0, 0.1) is 0 Å². The van der Waals surface area contributed by atoms with E-state index in [-0.39, 0.29) is 19.8 Å². The lowest BCUT2D eigenvalue weighted by molar-refractivity contribution is -0.0000797. The molecule has 0 fully saturated rings. The van der Waals surface area contributed by atoms with Crippen molar-refractivity contribution >= 4 is 7.60 Å². The Balaban J connectivity index is 5.25. The smallest absolute Gasteiger partial charge is 0.342 e. The summed E-state index contributed by atoms with van der Waals surface area (Å²) in [5.41, 5.74) is -0.691. The van der Waals surface area contributed by atoms with Crippen LogP contribution in [0.2, 0.25) is 0 Å². The minimum absolute atomic E-state index is 0.133. The normalized spacial score (nSPS) is 15.3. The van der Waals surface area contributed by atoms with E-state index in [1.54, 1.807) is 0 Å². The Morgan fingerprint density at radius 3 is 1.94 bits per heavy atom. The Morgan fingerprint density at radius 2 is 1.71 bits per heavy atom. The van der Waals surface area contributed by atoms with E-state index in [4.69, 9.17) is 5.11 Å². The summed E-state index contributed by atoms with van der Waals surface area (Å²) in [5, 5.41) is 18.5. The van der Waals surface area contributed by atoms with Gasteiger partial charge in [-0.15, -0.1) is 0 Å². The molecule has 4 N–H and O–H groups in total. The highest BCUT2D eigenvalue weighted by atomic mass is 31.2. The molecule has 0 aliphatic rings. The zero-order chi connectivity index (χ0) is 13.7. The van der Waals surface area contributed by atoms with Gasteiger partial charge in [0.05, 0.1) is 13.2 Å². The van der Waals surface area contributed by atoms with Gasteiger partial charge in [-0.2, -0.15) is 0 Å². The fraction of sp³-hybridized carbons (Fsp3) is 1.00. The lowest BCUT2D eigenvalue weighted by atomic mass is 9.91. The summed E-state index contributed by atoms with van der Waals surface area (Å²) >= 11 is 0. The van der Waals surface area contributed by atoms with E-state index in [9.17, 15) is 19.5 Å². The molecule has 0 saturated heterocycles. The summed E-state index contributed by atoms with van der Waals surface area (Å²) in [6.07, 6.45) is 1.12. The predicted octanol–water partition coefficient (Wildman–Crippen LogP) is 0.355. The summed E-state index contributed by atoms with van der Waals surface area (Å²) < 4.78 is 11.3. The summed E-state index contributed by atoms with van der Waals surface area (Å²) in [6, 6.07) is 0. The molecule has 0 aromatic heterocycles. The van der Waals surface area contributed by atoms with E-state index in [1.807, 2.05) is 13.8 Å². The number of aliphatic hydroxyl groups is 2. The van der Waals surface area contributed by atoms with Crippen molar-refractivity contribution in [1.29, 1.82) is 0 Å². The van der Waals surface area contributed by atoms with Gasteiger partial charge >= 0.3 is 7.60 Å². The lowest BCUT2D eigenvalue weighted by Crippen LogP contribution is -2.55. The molecule has 0 aliphatic heterocycles. The summed E-state index contributed by atoms with van der Waals surface area (Å²) in [4.78, 5) is 20.0. The van der Waals surface area contributed by atoms with Crippen molar-refractivity contribution in [1.82, 2.24) is 4.90 Å². The predicted molar refractivity (Wildman–Crippen MR) is 65.7 cm³/mol. The number of nitrogens with zero attached hydrogens (tertiary/aromatic N) is 1. The van der Waals surface area contributed by atoms with Gasteiger partial charge < -0.3 is 20.0 Å². The fourth-order valence-electron chi connectivity index (χ4n) is 2.08. The topological polar surface area (TPSA) is 101 Å². The number of aliphatic hydroxyl groups excluding tert-OH is 2. The SMILES string of the molecule is CCC(CC)(CO)N(CCO)C(C)P(=O)(O)O. The maximum atomic E-state index is 11.3. The number of hydrogen-bond donors (Lipinski definition) is 4. The maximum Gasteiger partial charge on any atom is 0.342 e. The third-order valence-corrected chi connectivity index (χ3v) is 4.75. The molecule has 0 spiro atoms. The largest absolute Gasteiger partial charge is 0.395 e. The average molecular weight is 269 g/mol. The molecule has 0 heterocycles. The first-order valence-electron chi connectivity index (χ1n) is 5.82. The van der Waals surface area contributed by atoms with Crippen molar-refractivity contribution in [3.05, 3.63) is 0 Å². The van der Waals surface area contributed by atoms with E-state index in [1.165, 1.54) is 11.8 Å². The molecule has 0 aromatic rings. The Kier molecular flexibility index (Phi) is 6.84. The molecule has 1 atom stereocenters. The Morgan fingerprint density at radius 1 is 1.24 bits per heavy atom. The van der Waals surface area contributed by atoms with Crippen molar-refractivity contribution in [3.8, 4) is 0 Å². The molecule has 7 heteroatoms. The summed E-state index contributed by atoms with van der Waals surface area (Å²) in [6.45, 7) is 4.88. The van der Waals surface area contributed by atoms with E-state index < -0.39 is 18.9 Å². The molecule has 0 rings (SSSR count). The van der Waals surface area contributed by atoms with Crippen molar-refractivity contribution in [2.45, 2.75) is 44.9 Å². The molecule has 1 unspecified atom stereocenters. The Labute approximate surface area is 102 Å². The first-order chi connectivity index (χ1) is 7.79. The Hall–Kier alpha value is 0.0300. The highest BCUT2D eigenvalue weighted by molar-refractivity contribution is 7.52. The molecule has 0 radical (unpaired) electrons. The van der Waals surface area contributed by atoms with Gasteiger partial charge in [0.15, 0.2) is 0 Å². The van der Waals surface area contributed by atoms with Gasteiger partial charge in [-0.3, -0.25) is 9.46 Å². The lowest BCUT2D eigenvalue weighted by Gasteiger charge is -2.45. The molecular formula is C10H24NO5P. The van der Waals surface area contributed by atoms with Crippen molar-refractivity contribution < 1.29 is 24.6 Å². The molecule has 0 aromatic carbocycles. The molecule has 0 saturated carbocycles. The van der Waals surface area contributed by atoms with Gasteiger partial charge in [-0.25, -0.2) is 0 Å². The molecular weight excluding hydrogens is 245 g/mol. The monoisotopic (exact) mass is 269 g/mol. The standard InChI is InChI=1S/C10H24NO5P/c1-4-10(5-2,8-13)11(6-7-12)9(3)17(14,15)16/h9,12-13H,4-8H2,1-3H3,(H2,14,15,16). The quantitative estimate of drug-likeness (QED) is 0.474. The van der Waals surface area contributed by atoms with Crippen LogP contribution in [-0.4, -0.2) is 56.0 Å². The van der Waals surface area contributed by atoms with Crippen LogP contribution in [0.1, 0.15) is 33.6 Å². The van der Waals surface area contributed by atoms with E-state index in [2.05, 4.69) is 0 Å². The van der Waals surface area contributed by atoms with Crippen LogP contribution < -0.4 is 0 Å². The van der Waals surface area contributed by atoms with Crippen molar-refractivity contribution in [2.75, 3.05) is 19.8 Å². The van der Waals surface area contributed by atoms with E-state index in [0.717, 1.165) is 0 Å². The van der Waals surface area contributed by atoms with Crippen LogP contribution in [0.5, 0.6) is 0 Å². The molecule has 104 valence electrons. The average Bonchev–Trinajstić information content (AvgIpc) is 2.28. The minimum Gasteiger partial charge on any atom is -0.395 e. The first kappa shape index (κ1) is 17.0. The zero-order valence-electron chi connectivity index (χ0n) is 10.7. The first-order valence-corrected chi connectivity index (χ1v) is 7.51. The number of rotatable bonds is 8. The summed E-state index contributed by atoms with van der Waals surface area (Å²) in [7, 11) is -4.27. The van der Waals surface area contributed by atoms with Crippen LogP contribution in [0.4, 0.5) is 0 Å². The Bertz CT molecular complexity index is 255. The van der Waals surface area contributed by atoms with Crippen molar-refractivity contribution in [3.63, 3.8) is 0 Å². The molecule has 0 aliphatic carbocycles. The molecule has 6 nitrogen and oxygen atoms in total. The van der Waals surface area contributed by atoms with E-state index in [0.29, 0.717) is 12.8 Å². The fourth-order valence-corrected chi connectivity index (χ4v) is 2.80. The van der Waals surface area contributed by atoms with Crippen LogP contribution in [-0.2, 0) is 4.57 Å². The second-order valence-corrected chi connectivity index (χ2v) is 6.15.